The van der Waals surface area contributed by atoms with Crippen molar-refractivity contribution in [3.05, 3.63) is 30.1 Å². The third-order valence-electron chi connectivity index (χ3n) is 4.61. The van der Waals surface area contributed by atoms with Gasteiger partial charge in [0.1, 0.15) is 11.5 Å². The summed E-state index contributed by atoms with van der Waals surface area (Å²) in [6.45, 7) is 0.690. The molecule has 9 heteroatoms. The van der Waals surface area contributed by atoms with Crippen LogP contribution in [0.25, 0.3) is 5.82 Å². The minimum atomic E-state index is -3.37. The monoisotopic (exact) mass is 384 g/mol. The van der Waals surface area contributed by atoms with Crippen LogP contribution in [0.2, 0.25) is 0 Å². The highest BCUT2D eigenvalue weighted by atomic mass is 32.2. The van der Waals surface area contributed by atoms with Crippen LogP contribution in [-0.4, -0.2) is 36.0 Å². The Balaban J connectivity index is 1.84. The molecule has 0 bridgehead atoms. The van der Waals surface area contributed by atoms with Gasteiger partial charge in [0.2, 0.25) is 0 Å². The van der Waals surface area contributed by atoms with Gasteiger partial charge in [-0.15, -0.1) is 0 Å². The van der Waals surface area contributed by atoms with E-state index in [0.29, 0.717) is 18.3 Å². The van der Waals surface area contributed by atoms with Crippen LogP contribution >= 0.6 is 0 Å². The highest BCUT2D eigenvalue weighted by molar-refractivity contribution is 7.90. The molecular weight excluding hydrogens is 362 g/mol. The summed E-state index contributed by atoms with van der Waals surface area (Å²) in [5.74, 6) is 1.24. The van der Waals surface area contributed by atoms with E-state index < -0.39 is 16.3 Å². The molecule has 1 fully saturated rings. The molecule has 0 spiro atoms. The molecule has 3 rings (SSSR count). The number of hydrogen-bond donors (Lipinski definition) is 1. The minimum absolute atomic E-state index is 0.0687. The van der Waals surface area contributed by atoms with Gasteiger partial charge >= 0.3 is 0 Å². The molecule has 1 aliphatic carbocycles. The van der Waals surface area contributed by atoms with Gasteiger partial charge in [-0.25, -0.2) is 22.2 Å². The Morgan fingerprint density at radius 3 is 2.58 bits per heavy atom. The van der Waals surface area contributed by atoms with Crippen molar-refractivity contribution in [2.24, 2.45) is 5.92 Å². The van der Waals surface area contributed by atoms with Crippen LogP contribution in [0.4, 0.5) is 14.6 Å². The SMILES string of the molecule is CS(=O)(=O)c1ccc(-n2nc(C(F)F)cc2NCC2CCCCC2)nc1. The summed E-state index contributed by atoms with van der Waals surface area (Å²) in [6, 6.07) is 4.18. The van der Waals surface area contributed by atoms with E-state index in [9.17, 15) is 17.2 Å². The molecule has 0 saturated heterocycles. The van der Waals surface area contributed by atoms with Gasteiger partial charge in [-0.2, -0.15) is 9.78 Å². The Labute approximate surface area is 151 Å². The Morgan fingerprint density at radius 2 is 2.00 bits per heavy atom. The number of halogens is 2. The third-order valence-corrected chi connectivity index (χ3v) is 5.71. The van der Waals surface area contributed by atoms with Gasteiger partial charge in [0.15, 0.2) is 15.7 Å². The number of sulfone groups is 1. The van der Waals surface area contributed by atoms with E-state index >= 15 is 0 Å². The fourth-order valence-electron chi connectivity index (χ4n) is 3.16. The lowest BCUT2D eigenvalue weighted by Gasteiger charge is -2.22. The standard InChI is InChI=1S/C17H22F2N4O2S/c1-26(24,25)13-7-8-15(21-11-13)23-16(9-14(22-23)17(18)19)20-10-12-5-3-2-4-6-12/h7-9,11-12,17,20H,2-6,10H2,1H3. The van der Waals surface area contributed by atoms with Crippen LogP contribution < -0.4 is 5.32 Å². The number of pyridine rings is 1. The van der Waals surface area contributed by atoms with E-state index in [-0.39, 0.29) is 16.4 Å². The zero-order valence-corrected chi connectivity index (χ0v) is 15.3. The van der Waals surface area contributed by atoms with Gasteiger partial charge < -0.3 is 5.32 Å². The first-order valence-corrected chi connectivity index (χ1v) is 10.5. The molecule has 0 atom stereocenters. The van der Waals surface area contributed by atoms with Gasteiger partial charge in [0.05, 0.1) is 4.90 Å². The fraction of sp³-hybridized carbons (Fsp3) is 0.529. The summed E-state index contributed by atoms with van der Waals surface area (Å²) in [4.78, 5) is 4.15. The molecule has 0 radical (unpaired) electrons. The molecule has 1 aliphatic rings. The topological polar surface area (TPSA) is 76.9 Å². The summed E-state index contributed by atoms with van der Waals surface area (Å²) in [6.07, 6.45) is 5.50. The van der Waals surface area contributed by atoms with Crippen molar-refractivity contribution >= 4 is 15.7 Å². The van der Waals surface area contributed by atoms with Crippen molar-refractivity contribution in [3.63, 3.8) is 0 Å². The van der Waals surface area contributed by atoms with E-state index in [0.717, 1.165) is 19.1 Å². The number of rotatable bonds is 6. The molecule has 0 aliphatic heterocycles. The lowest BCUT2D eigenvalue weighted by molar-refractivity contribution is 0.145. The Bertz CT molecular complexity index is 844. The predicted molar refractivity (Wildman–Crippen MR) is 94.5 cm³/mol. The second-order valence-electron chi connectivity index (χ2n) is 6.68. The highest BCUT2D eigenvalue weighted by Crippen LogP contribution is 2.27. The lowest BCUT2D eigenvalue weighted by atomic mass is 9.89. The molecule has 26 heavy (non-hydrogen) atoms. The summed E-state index contributed by atoms with van der Waals surface area (Å²) >= 11 is 0. The van der Waals surface area contributed by atoms with Crippen molar-refractivity contribution in [3.8, 4) is 5.82 Å². The number of hydrogen-bond acceptors (Lipinski definition) is 5. The molecular formula is C17H22F2N4O2S. The Hall–Kier alpha value is -2.03. The Kier molecular flexibility index (Phi) is 5.55. The Morgan fingerprint density at radius 1 is 1.27 bits per heavy atom. The molecule has 0 aromatic carbocycles. The summed E-state index contributed by atoms with van der Waals surface area (Å²) < 4.78 is 50.6. The zero-order chi connectivity index (χ0) is 18.7. The summed E-state index contributed by atoms with van der Waals surface area (Å²) in [5, 5.41) is 7.14. The summed E-state index contributed by atoms with van der Waals surface area (Å²) in [5.41, 5.74) is -0.342. The van der Waals surface area contributed by atoms with Crippen molar-refractivity contribution < 1.29 is 17.2 Å². The molecule has 6 nitrogen and oxygen atoms in total. The minimum Gasteiger partial charge on any atom is -0.370 e. The van der Waals surface area contributed by atoms with Gasteiger partial charge in [-0.3, -0.25) is 0 Å². The first-order chi connectivity index (χ1) is 12.3. The van der Waals surface area contributed by atoms with E-state index in [4.69, 9.17) is 0 Å². The number of nitrogens with zero attached hydrogens (tertiary/aromatic N) is 3. The summed E-state index contributed by atoms with van der Waals surface area (Å²) in [7, 11) is -3.37. The van der Waals surface area contributed by atoms with Crippen LogP contribution in [0.5, 0.6) is 0 Å². The zero-order valence-electron chi connectivity index (χ0n) is 14.5. The number of anilines is 1. The molecule has 0 unspecified atom stereocenters. The van der Waals surface area contributed by atoms with Gasteiger partial charge in [-0.05, 0) is 30.9 Å². The van der Waals surface area contributed by atoms with Gasteiger partial charge in [0, 0.05) is 25.1 Å². The maximum Gasteiger partial charge on any atom is 0.282 e. The van der Waals surface area contributed by atoms with Crippen molar-refractivity contribution in [1.82, 2.24) is 14.8 Å². The average molecular weight is 384 g/mol. The van der Waals surface area contributed by atoms with Crippen molar-refractivity contribution in [2.75, 3.05) is 18.1 Å². The van der Waals surface area contributed by atoms with Crippen LogP contribution in [-0.2, 0) is 9.84 Å². The second-order valence-corrected chi connectivity index (χ2v) is 8.69. The van der Waals surface area contributed by atoms with Crippen LogP contribution in [0.15, 0.2) is 29.3 Å². The number of nitrogens with one attached hydrogen (secondary N) is 1. The highest BCUT2D eigenvalue weighted by Gasteiger charge is 2.19. The van der Waals surface area contributed by atoms with Crippen LogP contribution in [0, 0.1) is 5.92 Å². The maximum absolute atomic E-state index is 13.1. The quantitative estimate of drug-likeness (QED) is 0.823. The molecule has 2 aromatic rings. The molecule has 2 heterocycles. The lowest BCUT2D eigenvalue weighted by Crippen LogP contribution is -2.18. The first-order valence-electron chi connectivity index (χ1n) is 8.63. The smallest absolute Gasteiger partial charge is 0.282 e. The first kappa shape index (κ1) is 18.8. The van der Waals surface area contributed by atoms with Crippen molar-refractivity contribution in [1.29, 1.82) is 0 Å². The van der Waals surface area contributed by atoms with E-state index in [1.807, 2.05) is 0 Å². The fourth-order valence-corrected chi connectivity index (χ4v) is 3.72. The maximum atomic E-state index is 13.1. The molecule has 142 valence electrons. The van der Waals surface area contributed by atoms with Gasteiger partial charge in [0.25, 0.3) is 6.43 Å². The molecule has 1 saturated carbocycles. The van der Waals surface area contributed by atoms with E-state index in [1.165, 1.54) is 48.3 Å². The molecule has 1 N–H and O–H groups in total. The van der Waals surface area contributed by atoms with Gasteiger partial charge in [-0.1, -0.05) is 19.3 Å². The number of aromatic nitrogens is 3. The van der Waals surface area contributed by atoms with E-state index in [2.05, 4.69) is 15.4 Å². The molecule has 0 amide bonds. The van der Waals surface area contributed by atoms with Crippen molar-refractivity contribution in [2.45, 2.75) is 43.4 Å². The normalized spacial score (nSPS) is 16.2. The van der Waals surface area contributed by atoms with Crippen LogP contribution in [0.3, 0.4) is 0 Å². The van der Waals surface area contributed by atoms with Crippen LogP contribution in [0.1, 0.15) is 44.2 Å². The molecule has 2 aromatic heterocycles. The van der Waals surface area contributed by atoms with E-state index in [1.54, 1.807) is 0 Å². The largest absolute Gasteiger partial charge is 0.370 e. The number of alkyl halides is 2. The average Bonchev–Trinajstić information content (AvgIpc) is 3.05. The second kappa shape index (κ2) is 7.69. The predicted octanol–water partition coefficient (Wildman–Crippen LogP) is 3.60. The third kappa shape index (κ3) is 4.38.